The van der Waals surface area contributed by atoms with Crippen molar-refractivity contribution in [1.29, 1.82) is 0 Å². The summed E-state index contributed by atoms with van der Waals surface area (Å²) >= 11 is 7.22. The van der Waals surface area contributed by atoms with Crippen molar-refractivity contribution in [2.45, 2.75) is 0 Å². The summed E-state index contributed by atoms with van der Waals surface area (Å²) < 4.78 is 4.93. The van der Waals surface area contributed by atoms with Crippen LogP contribution in [0.5, 0.6) is 0 Å². The number of nitro benzene ring substituents is 1. The van der Waals surface area contributed by atoms with E-state index in [-0.39, 0.29) is 10.7 Å². The summed E-state index contributed by atoms with van der Waals surface area (Å²) in [4.78, 5) is 14.7. The number of methoxy groups -OCH3 is 1. The fraction of sp³-hybridized carbons (Fsp3) is 0.250. The lowest BCUT2D eigenvalue weighted by Gasteiger charge is -2.01. The van der Waals surface area contributed by atoms with Gasteiger partial charge in [0.25, 0.3) is 5.69 Å². The summed E-state index contributed by atoms with van der Waals surface area (Å²) in [6.07, 6.45) is 0. The van der Waals surface area contributed by atoms with Crippen molar-refractivity contribution in [3.05, 3.63) is 38.7 Å². The van der Waals surface area contributed by atoms with Crippen LogP contribution >= 0.6 is 22.9 Å². The van der Waals surface area contributed by atoms with Crippen molar-refractivity contribution in [2.75, 3.05) is 25.6 Å². The number of nitrogens with one attached hydrogen (secondary N) is 1. The lowest BCUT2D eigenvalue weighted by atomic mass is 10.1. The van der Waals surface area contributed by atoms with Crippen LogP contribution in [-0.4, -0.2) is 30.2 Å². The van der Waals surface area contributed by atoms with Crippen molar-refractivity contribution in [3.8, 4) is 11.3 Å². The molecule has 106 valence electrons. The minimum absolute atomic E-state index is 0.118. The molecule has 0 spiro atoms. The van der Waals surface area contributed by atoms with Crippen molar-refractivity contribution >= 4 is 33.8 Å². The van der Waals surface area contributed by atoms with Crippen LogP contribution in [0, 0.1) is 10.1 Å². The molecule has 0 unspecified atom stereocenters. The molecule has 0 radical (unpaired) electrons. The first-order chi connectivity index (χ1) is 9.61. The molecule has 0 fully saturated rings. The standard InChI is InChI=1S/C12H12ClN3O3S/c1-19-5-4-14-12-15-10(7-20-12)8-2-3-9(13)11(6-8)16(17)18/h2-3,6-7H,4-5H2,1H3,(H,14,15). The van der Waals surface area contributed by atoms with E-state index in [1.54, 1.807) is 13.2 Å². The van der Waals surface area contributed by atoms with Gasteiger partial charge in [-0.15, -0.1) is 11.3 Å². The summed E-state index contributed by atoms with van der Waals surface area (Å²) in [5.41, 5.74) is 1.22. The Kier molecular flexibility index (Phi) is 4.89. The number of hydrogen-bond acceptors (Lipinski definition) is 6. The highest BCUT2D eigenvalue weighted by Gasteiger charge is 2.14. The number of hydrogen-bond donors (Lipinski definition) is 1. The number of thiazole rings is 1. The van der Waals surface area contributed by atoms with E-state index in [1.165, 1.54) is 23.5 Å². The van der Waals surface area contributed by atoms with Gasteiger partial charge in [0.1, 0.15) is 5.02 Å². The Morgan fingerprint density at radius 3 is 3.05 bits per heavy atom. The Balaban J connectivity index is 2.19. The summed E-state index contributed by atoms with van der Waals surface area (Å²) in [6.45, 7) is 1.24. The molecule has 1 aromatic heterocycles. The molecule has 0 aliphatic heterocycles. The third kappa shape index (κ3) is 3.44. The van der Waals surface area contributed by atoms with E-state index in [1.807, 2.05) is 5.38 Å². The van der Waals surface area contributed by atoms with E-state index < -0.39 is 4.92 Å². The molecule has 0 amide bonds. The molecule has 1 aromatic carbocycles. The van der Waals surface area contributed by atoms with E-state index in [4.69, 9.17) is 16.3 Å². The zero-order valence-electron chi connectivity index (χ0n) is 10.6. The molecule has 6 nitrogen and oxygen atoms in total. The molecule has 2 aromatic rings. The third-order valence-corrected chi connectivity index (χ3v) is 3.64. The third-order valence-electron chi connectivity index (χ3n) is 2.53. The average molecular weight is 314 g/mol. The molecule has 20 heavy (non-hydrogen) atoms. The molecule has 0 aliphatic rings. The first kappa shape index (κ1) is 14.7. The number of ether oxygens (including phenoxy) is 1. The minimum Gasteiger partial charge on any atom is -0.383 e. The molecule has 0 bridgehead atoms. The van der Waals surface area contributed by atoms with Gasteiger partial charge < -0.3 is 10.1 Å². The molecular weight excluding hydrogens is 302 g/mol. The Hall–Kier alpha value is -1.70. The van der Waals surface area contributed by atoms with E-state index in [9.17, 15) is 10.1 Å². The first-order valence-electron chi connectivity index (χ1n) is 5.74. The SMILES string of the molecule is COCCNc1nc(-c2ccc(Cl)c([N+](=O)[O-])c2)cs1. The van der Waals surface area contributed by atoms with Gasteiger partial charge in [-0.05, 0) is 6.07 Å². The number of halogens is 1. The smallest absolute Gasteiger partial charge is 0.288 e. The number of anilines is 1. The molecule has 8 heteroatoms. The number of rotatable bonds is 6. The van der Waals surface area contributed by atoms with Crippen molar-refractivity contribution in [1.82, 2.24) is 4.98 Å². The number of nitro groups is 1. The van der Waals surface area contributed by atoms with Crippen LogP contribution in [0.15, 0.2) is 23.6 Å². The molecule has 0 aliphatic carbocycles. The Morgan fingerprint density at radius 1 is 1.55 bits per heavy atom. The van der Waals surface area contributed by atoms with Crippen LogP contribution in [0.4, 0.5) is 10.8 Å². The van der Waals surface area contributed by atoms with Gasteiger partial charge in [-0.3, -0.25) is 10.1 Å². The summed E-state index contributed by atoms with van der Waals surface area (Å²) in [6, 6.07) is 4.64. The molecule has 0 atom stereocenters. The second kappa shape index (κ2) is 6.65. The topological polar surface area (TPSA) is 77.3 Å². The van der Waals surface area contributed by atoms with Crippen LogP contribution in [-0.2, 0) is 4.74 Å². The van der Waals surface area contributed by atoms with Crippen molar-refractivity contribution in [2.24, 2.45) is 0 Å². The highest BCUT2D eigenvalue weighted by atomic mass is 35.5. The Morgan fingerprint density at radius 2 is 2.35 bits per heavy atom. The maximum absolute atomic E-state index is 10.9. The van der Waals surface area contributed by atoms with Crippen LogP contribution < -0.4 is 5.32 Å². The molecule has 0 saturated heterocycles. The van der Waals surface area contributed by atoms with Crippen molar-refractivity contribution in [3.63, 3.8) is 0 Å². The van der Waals surface area contributed by atoms with Gasteiger partial charge in [0, 0.05) is 30.7 Å². The minimum atomic E-state index is -0.504. The lowest BCUT2D eigenvalue weighted by Crippen LogP contribution is -2.07. The van der Waals surface area contributed by atoms with Gasteiger partial charge in [-0.1, -0.05) is 17.7 Å². The number of aromatic nitrogens is 1. The normalized spacial score (nSPS) is 10.5. The average Bonchev–Trinajstić information content (AvgIpc) is 2.88. The van der Waals surface area contributed by atoms with Gasteiger partial charge in [-0.25, -0.2) is 4.98 Å². The van der Waals surface area contributed by atoms with E-state index in [0.717, 1.165) is 5.13 Å². The Bertz CT molecular complexity index is 618. The Labute approximate surface area is 124 Å². The zero-order valence-corrected chi connectivity index (χ0v) is 12.2. The predicted octanol–water partition coefficient (Wildman–Crippen LogP) is 3.43. The van der Waals surface area contributed by atoms with Crippen molar-refractivity contribution < 1.29 is 9.66 Å². The largest absolute Gasteiger partial charge is 0.383 e. The van der Waals surface area contributed by atoms with E-state index in [2.05, 4.69) is 10.3 Å². The van der Waals surface area contributed by atoms with E-state index >= 15 is 0 Å². The lowest BCUT2D eigenvalue weighted by molar-refractivity contribution is -0.384. The first-order valence-corrected chi connectivity index (χ1v) is 7.00. The van der Waals surface area contributed by atoms with Crippen LogP contribution in [0.25, 0.3) is 11.3 Å². The van der Waals surface area contributed by atoms with Crippen LogP contribution in [0.3, 0.4) is 0 Å². The number of benzene rings is 1. The highest BCUT2D eigenvalue weighted by Crippen LogP contribution is 2.31. The predicted molar refractivity (Wildman–Crippen MR) is 79.6 cm³/mol. The van der Waals surface area contributed by atoms with Gasteiger partial charge >= 0.3 is 0 Å². The second-order valence-corrected chi connectivity index (χ2v) is 5.15. The fourth-order valence-electron chi connectivity index (χ4n) is 1.56. The molecule has 0 saturated carbocycles. The van der Waals surface area contributed by atoms with Crippen LogP contribution in [0.1, 0.15) is 0 Å². The summed E-state index contributed by atoms with van der Waals surface area (Å²) in [5.74, 6) is 0. The molecular formula is C12H12ClN3O3S. The maximum Gasteiger partial charge on any atom is 0.288 e. The summed E-state index contributed by atoms with van der Waals surface area (Å²) in [5, 5.41) is 16.7. The van der Waals surface area contributed by atoms with E-state index in [0.29, 0.717) is 24.4 Å². The highest BCUT2D eigenvalue weighted by molar-refractivity contribution is 7.14. The molecule has 1 N–H and O–H groups in total. The molecule has 1 heterocycles. The van der Waals surface area contributed by atoms with Gasteiger partial charge in [0.2, 0.25) is 0 Å². The quantitative estimate of drug-likeness (QED) is 0.502. The zero-order chi connectivity index (χ0) is 14.5. The van der Waals surface area contributed by atoms with Gasteiger partial charge in [0.05, 0.1) is 17.2 Å². The second-order valence-electron chi connectivity index (χ2n) is 3.88. The molecule has 2 rings (SSSR count). The van der Waals surface area contributed by atoms with Gasteiger partial charge in [0.15, 0.2) is 5.13 Å². The summed E-state index contributed by atoms with van der Waals surface area (Å²) in [7, 11) is 1.63. The monoisotopic (exact) mass is 313 g/mol. The number of nitrogens with zero attached hydrogens (tertiary/aromatic N) is 2. The van der Waals surface area contributed by atoms with Gasteiger partial charge in [-0.2, -0.15) is 0 Å². The fourth-order valence-corrected chi connectivity index (χ4v) is 2.49. The van der Waals surface area contributed by atoms with Crippen LogP contribution in [0.2, 0.25) is 5.02 Å². The maximum atomic E-state index is 10.9.